The fourth-order valence-electron chi connectivity index (χ4n) is 2.58. The van der Waals surface area contributed by atoms with E-state index in [1.165, 1.54) is 0 Å². The molecule has 1 amide bonds. The normalized spacial score (nSPS) is 20.6. The molecular formula is C13H21BrN4O. The summed E-state index contributed by atoms with van der Waals surface area (Å²) in [6.07, 6.45) is 1.74. The van der Waals surface area contributed by atoms with E-state index in [4.69, 9.17) is 0 Å². The molecule has 2 rings (SSSR count). The van der Waals surface area contributed by atoms with E-state index >= 15 is 0 Å². The van der Waals surface area contributed by atoms with Gasteiger partial charge in [-0.3, -0.25) is 14.4 Å². The number of carbonyl (C=O) groups is 1. The van der Waals surface area contributed by atoms with Gasteiger partial charge in [0, 0.05) is 26.7 Å². The third-order valence-corrected chi connectivity index (χ3v) is 4.60. The summed E-state index contributed by atoms with van der Waals surface area (Å²) < 4.78 is 3.00. The number of hydrogen-bond acceptors (Lipinski definition) is 3. The average molecular weight is 329 g/mol. The Labute approximate surface area is 122 Å². The number of piperazine rings is 1. The molecule has 1 aliphatic heterocycles. The monoisotopic (exact) mass is 328 g/mol. The Bertz CT molecular complexity index is 471. The lowest BCUT2D eigenvalue weighted by molar-refractivity contribution is -0.129. The third-order valence-electron chi connectivity index (χ3n) is 3.68. The van der Waals surface area contributed by atoms with Crippen molar-refractivity contribution < 1.29 is 4.79 Å². The first-order chi connectivity index (χ1) is 9.08. The zero-order valence-electron chi connectivity index (χ0n) is 11.7. The minimum atomic E-state index is -0.0272. The van der Waals surface area contributed by atoms with Crippen LogP contribution >= 0.6 is 15.9 Å². The number of carbonyl (C=O) groups excluding carboxylic acids is 1. The molecule has 1 unspecified atom stereocenters. The maximum absolute atomic E-state index is 11.9. The number of rotatable bonds is 4. The van der Waals surface area contributed by atoms with Gasteiger partial charge in [0.05, 0.1) is 21.9 Å². The zero-order valence-corrected chi connectivity index (χ0v) is 13.3. The summed E-state index contributed by atoms with van der Waals surface area (Å²) in [6.45, 7) is 6.53. The summed E-state index contributed by atoms with van der Waals surface area (Å²) in [6, 6.07) is -0.0272. The van der Waals surface area contributed by atoms with Crippen LogP contribution in [0.5, 0.6) is 0 Å². The highest BCUT2D eigenvalue weighted by Gasteiger charge is 2.29. The Hall–Kier alpha value is -0.880. The molecule has 0 aliphatic carbocycles. The highest BCUT2D eigenvalue weighted by atomic mass is 79.9. The summed E-state index contributed by atoms with van der Waals surface area (Å²) in [5.74, 6) is 0.141. The smallest absolute Gasteiger partial charge is 0.237 e. The highest BCUT2D eigenvalue weighted by molar-refractivity contribution is 9.10. The van der Waals surface area contributed by atoms with Crippen molar-refractivity contribution in [1.29, 1.82) is 0 Å². The predicted molar refractivity (Wildman–Crippen MR) is 77.8 cm³/mol. The molecule has 0 aromatic carbocycles. The second-order valence-corrected chi connectivity index (χ2v) is 5.66. The van der Waals surface area contributed by atoms with Gasteiger partial charge >= 0.3 is 0 Å². The van der Waals surface area contributed by atoms with Crippen molar-refractivity contribution in [1.82, 2.24) is 20.0 Å². The summed E-state index contributed by atoms with van der Waals surface area (Å²) in [7, 11) is 1.96. The van der Waals surface area contributed by atoms with Gasteiger partial charge in [-0.15, -0.1) is 0 Å². The summed E-state index contributed by atoms with van der Waals surface area (Å²) >= 11 is 3.64. The van der Waals surface area contributed by atoms with Crippen LogP contribution in [0.3, 0.4) is 0 Å². The van der Waals surface area contributed by atoms with Crippen LogP contribution in [0.1, 0.15) is 31.7 Å². The second-order valence-electron chi connectivity index (χ2n) is 4.87. The maximum Gasteiger partial charge on any atom is 0.237 e. The number of aryl methyl sites for hydroxylation is 2. The first-order valence-corrected chi connectivity index (χ1v) is 7.59. The van der Waals surface area contributed by atoms with Crippen molar-refractivity contribution in [3.63, 3.8) is 0 Å². The molecule has 5 nitrogen and oxygen atoms in total. The van der Waals surface area contributed by atoms with Gasteiger partial charge < -0.3 is 5.32 Å². The molecule has 1 fully saturated rings. The molecule has 2 heterocycles. The quantitative estimate of drug-likeness (QED) is 0.910. The molecule has 19 heavy (non-hydrogen) atoms. The fourth-order valence-corrected chi connectivity index (χ4v) is 3.32. The van der Waals surface area contributed by atoms with Crippen LogP contribution < -0.4 is 5.32 Å². The second kappa shape index (κ2) is 6.05. The van der Waals surface area contributed by atoms with Gasteiger partial charge in [-0.25, -0.2) is 0 Å². The van der Waals surface area contributed by atoms with Gasteiger partial charge in [-0.05, 0) is 28.8 Å². The van der Waals surface area contributed by atoms with Crippen LogP contribution in [0.2, 0.25) is 0 Å². The van der Waals surface area contributed by atoms with Crippen LogP contribution in [-0.2, 0) is 24.8 Å². The lowest BCUT2D eigenvalue weighted by atomic mass is 10.1. The Morgan fingerprint density at radius 2 is 2.21 bits per heavy atom. The lowest BCUT2D eigenvalue weighted by Crippen LogP contribution is -2.54. The van der Waals surface area contributed by atoms with E-state index in [9.17, 15) is 4.79 Å². The molecule has 106 valence electrons. The minimum absolute atomic E-state index is 0.0272. The molecule has 1 saturated heterocycles. The van der Waals surface area contributed by atoms with Crippen LogP contribution in [0.25, 0.3) is 0 Å². The van der Waals surface area contributed by atoms with Crippen molar-refractivity contribution in [2.45, 2.75) is 39.3 Å². The Morgan fingerprint density at radius 3 is 2.79 bits per heavy atom. The minimum Gasteiger partial charge on any atom is -0.353 e. The topological polar surface area (TPSA) is 50.2 Å². The van der Waals surface area contributed by atoms with E-state index in [-0.39, 0.29) is 11.9 Å². The highest BCUT2D eigenvalue weighted by Crippen LogP contribution is 2.24. The zero-order chi connectivity index (χ0) is 14.0. The molecule has 0 radical (unpaired) electrons. The van der Waals surface area contributed by atoms with Gasteiger partial charge in [0.25, 0.3) is 0 Å². The molecule has 1 aromatic rings. The lowest BCUT2D eigenvalue weighted by Gasteiger charge is -2.34. The number of aromatic nitrogens is 2. The standard InChI is InChI=1S/C13H21BrN4O/c1-4-9-12(14)11(17(3)16-9)8-18-7-6-15-13(19)10(18)5-2/h10H,4-8H2,1-3H3,(H,15,19). The molecule has 1 aromatic heterocycles. The third kappa shape index (κ3) is 2.84. The Kier molecular flexibility index (Phi) is 4.62. The van der Waals surface area contributed by atoms with Crippen molar-refractivity contribution in [2.24, 2.45) is 7.05 Å². The summed E-state index contributed by atoms with van der Waals surface area (Å²) in [5, 5.41) is 7.44. The van der Waals surface area contributed by atoms with Gasteiger partial charge in [-0.2, -0.15) is 5.10 Å². The van der Waals surface area contributed by atoms with Crippen molar-refractivity contribution in [3.8, 4) is 0 Å². The van der Waals surface area contributed by atoms with Gasteiger partial charge in [0.15, 0.2) is 0 Å². The first kappa shape index (κ1) is 14.5. The molecule has 6 heteroatoms. The molecule has 0 saturated carbocycles. The maximum atomic E-state index is 11.9. The van der Waals surface area contributed by atoms with Crippen LogP contribution in [0.15, 0.2) is 4.47 Å². The van der Waals surface area contributed by atoms with E-state index in [0.717, 1.165) is 48.3 Å². The van der Waals surface area contributed by atoms with E-state index in [2.05, 4.69) is 45.1 Å². The average Bonchev–Trinajstić information content (AvgIpc) is 2.66. The van der Waals surface area contributed by atoms with E-state index in [1.807, 2.05) is 11.7 Å². The molecule has 0 spiro atoms. The number of amides is 1. The molecule has 1 N–H and O–H groups in total. The number of nitrogens with zero attached hydrogens (tertiary/aromatic N) is 3. The molecular weight excluding hydrogens is 308 g/mol. The van der Waals surface area contributed by atoms with E-state index in [1.54, 1.807) is 0 Å². The van der Waals surface area contributed by atoms with Crippen molar-refractivity contribution in [2.75, 3.05) is 13.1 Å². The Morgan fingerprint density at radius 1 is 1.47 bits per heavy atom. The largest absolute Gasteiger partial charge is 0.353 e. The summed E-state index contributed by atoms with van der Waals surface area (Å²) in [4.78, 5) is 14.1. The number of halogens is 1. The molecule has 0 bridgehead atoms. The van der Waals surface area contributed by atoms with Crippen molar-refractivity contribution >= 4 is 21.8 Å². The fraction of sp³-hybridized carbons (Fsp3) is 0.692. The molecule has 1 aliphatic rings. The van der Waals surface area contributed by atoms with Crippen LogP contribution in [-0.4, -0.2) is 39.7 Å². The van der Waals surface area contributed by atoms with Crippen LogP contribution in [0.4, 0.5) is 0 Å². The SMILES string of the molecule is CCc1nn(C)c(CN2CCNC(=O)C2CC)c1Br. The first-order valence-electron chi connectivity index (χ1n) is 6.80. The molecule has 1 atom stereocenters. The van der Waals surface area contributed by atoms with Gasteiger partial charge in [0.2, 0.25) is 5.91 Å². The summed E-state index contributed by atoms with van der Waals surface area (Å²) in [5.41, 5.74) is 2.22. The van der Waals surface area contributed by atoms with Crippen LogP contribution in [0, 0.1) is 0 Å². The number of nitrogens with one attached hydrogen (secondary N) is 1. The van der Waals surface area contributed by atoms with Gasteiger partial charge in [0.1, 0.15) is 0 Å². The van der Waals surface area contributed by atoms with E-state index in [0.29, 0.717) is 0 Å². The number of hydrogen-bond donors (Lipinski definition) is 1. The van der Waals surface area contributed by atoms with E-state index < -0.39 is 0 Å². The van der Waals surface area contributed by atoms with Crippen molar-refractivity contribution in [3.05, 3.63) is 15.9 Å². The van der Waals surface area contributed by atoms with Gasteiger partial charge in [-0.1, -0.05) is 13.8 Å². The predicted octanol–water partition coefficient (Wildman–Crippen LogP) is 1.46. The Balaban J connectivity index is 2.20.